The van der Waals surface area contributed by atoms with Crippen molar-refractivity contribution < 1.29 is 4.74 Å². The SMILES string of the molecule is CCNC1CCC(C)(C)CC1CN(CCOC)CC(C)C. The van der Waals surface area contributed by atoms with E-state index in [9.17, 15) is 0 Å². The van der Waals surface area contributed by atoms with Crippen LogP contribution in [0.25, 0.3) is 0 Å². The van der Waals surface area contributed by atoms with Crippen molar-refractivity contribution >= 4 is 0 Å². The molecule has 0 bridgehead atoms. The third kappa shape index (κ3) is 7.12. The molecule has 0 radical (unpaired) electrons. The molecule has 0 amide bonds. The van der Waals surface area contributed by atoms with E-state index in [1.807, 2.05) is 0 Å². The Bertz CT molecular complexity index is 278. The summed E-state index contributed by atoms with van der Waals surface area (Å²) in [6.45, 7) is 17.1. The molecule has 0 aromatic heterocycles. The third-order valence-corrected chi connectivity index (χ3v) is 4.71. The summed E-state index contributed by atoms with van der Waals surface area (Å²) in [5.41, 5.74) is 0.501. The molecule has 126 valence electrons. The molecule has 2 unspecified atom stereocenters. The third-order valence-electron chi connectivity index (χ3n) is 4.71. The van der Waals surface area contributed by atoms with Crippen LogP contribution in [-0.2, 0) is 4.74 Å². The quantitative estimate of drug-likeness (QED) is 0.706. The van der Waals surface area contributed by atoms with Gasteiger partial charge in [-0.25, -0.2) is 0 Å². The van der Waals surface area contributed by atoms with Gasteiger partial charge in [-0.15, -0.1) is 0 Å². The predicted octanol–water partition coefficient (Wildman–Crippen LogP) is 3.40. The largest absolute Gasteiger partial charge is 0.383 e. The van der Waals surface area contributed by atoms with Gasteiger partial charge in [0.05, 0.1) is 6.61 Å². The molecule has 3 nitrogen and oxygen atoms in total. The van der Waals surface area contributed by atoms with Crippen LogP contribution in [0, 0.1) is 17.3 Å². The van der Waals surface area contributed by atoms with Crippen LogP contribution in [0.4, 0.5) is 0 Å². The van der Waals surface area contributed by atoms with Crippen LogP contribution in [0.15, 0.2) is 0 Å². The van der Waals surface area contributed by atoms with E-state index >= 15 is 0 Å². The number of nitrogens with zero attached hydrogens (tertiary/aromatic N) is 1. The molecule has 0 heterocycles. The lowest BCUT2D eigenvalue weighted by atomic mass is 9.69. The molecule has 21 heavy (non-hydrogen) atoms. The van der Waals surface area contributed by atoms with Crippen LogP contribution in [0.5, 0.6) is 0 Å². The second-order valence-electron chi connectivity index (χ2n) is 7.98. The van der Waals surface area contributed by atoms with E-state index in [0.717, 1.165) is 31.5 Å². The van der Waals surface area contributed by atoms with Crippen molar-refractivity contribution in [2.24, 2.45) is 17.3 Å². The summed E-state index contributed by atoms with van der Waals surface area (Å²) < 4.78 is 5.30. The fourth-order valence-electron chi connectivity index (χ4n) is 3.78. The number of methoxy groups -OCH3 is 1. The predicted molar refractivity (Wildman–Crippen MR) is 91.7 cm³/mol. The van der Waals surface area contributed by atoms with E-state index in [1.54, 1.807) is 7.11 Å². The highest BCUT2D eigenvalue weighted by Gasteiger charge is 2.35. The van der Waals surface area contributed by atoms with Crippen LogP contribution in [0.2, 0.25) is 0 Å². The Hall–Kier alpha value is -0.120. The standard InChI is InChI=1S/C18H38N2O/c1-7-19-17-8-9-18(4,5)12-16(17)14-20(10-11-21-6)13-15(2)3/h15-17,19H,7-14H2,1-6H3. The van der Waals surface area contributed by atoms with Crippen molar-refractivity contribution in [2.45, 2.75) is 59.9 Å². The van der Waals surface area contributed by atoms with Gasteiger partial charge in [-0.1, -0.05) is 34.6 Å². The summed E-state index contributed by atoms with van der Waals surface area (Å²) in [4.78, 5) is 2.62. The van der Waals surface area contributed by atoms with Crippen molar-refractivity contribution in [3.63, 3.8) is 0 Å². The Morgan fingerprint density at radius 2 is 2.05 bits per heavy atom. The van der Waals surface area contributed by atoms with E-state index in [0.29, 0.717) is 11.5 Å². The molecule has 3 heteroatoms. The second kappa shape index (κ2) is 9.12. The summed E-state index contributed by atoms with van der Waals surface area (Å²) in [6, 6.07) is 0.695. The molecule has 0 aromatic carbocycles. The van der Waals surface area contributed by atoms with E-state index in [-0.39, 0.29) is 0 Å². The first-order valence-corrected chi connectivity index (χ1v) is 8.82. The first kappa shape index (κ1) is 18.9. The molecule has 1 rings (SSSR count). The molecule has 0 aromatic rings. The molecule has 0 saturated heterocycles. The normalized spacial score (nSPS) is 25.7. The van der Waals surface area contributed by atoms with Gasteiger partial charge in [0.2, 0.25) is 0 Å². The Morgan fingerprint density at radius 3 is 2.62 bits per heavy atom. The van der Waals surface area contributed by atoms with Crippen LogP contribution < -0.4 is 5.32 Å². The van der Waals surface area contributed by atoms with Gasteiger partial charge in [-0.2, -0.15) is 0 Å². The van der Waals surface area contributed by atoms with Crippen LogP contribution in [0.3, 0.4) is 0 Å². The Balaban J connectivity index is 2.65. The molecule has 1 N–H and O–H groups in total. The lowest BCUT2D eigenvalue weighted by Gasteiger charge is -2.43. The lowest BCUT2D eigenvalue weighted by Crippen LogP contribution is -2.48. The zero-order chi connectivity index (χ0) is 15.9. The van der Waals surface area contributed by atoms with Gasteiger partial charge >= 0.3 is 0 Å². The van der Waals surface area contributed by atoms with Gasteiger partial charge < -0.3 is 15.0 Å². The van der Waals surface area contributed by atoms with Crippen molar-refractivity contribution in [3.8, 4) is 0 Å². The molecule has 2 atom stereocenters. The fourth-order valence-corrected chi connectivity index (χ4v) is 3.78. The Labute approximate surface area is 132 Å². The molecule has 0 spiro atoms. The van der Waals surface area contributed by atoms with Crippen molar-refractivity contribution in [3.05, 3.63) is 0 Å². The number of ether oxygens (including phenoxy) is 1. The summed E-state index contributed by atoms with van der Waals surface area (Å²) in [5.74, 6) is 1.49. The number of rotatable bonds is 9. The van der Waals surface area contributed by atoms with E-state index < -0.39 is 0 Å². The number of hydrogen-bond donors (Lipinski definition) is 1. The molecule has 1 aliphatic rings. The van der Waals surface area contributed by atoms with Gasteiger partial charge in [0.15, 0.2) is 0 Å². The van der Waals surface area contributed by atoms with E-state index in [2.05, 4.69) is 44.8 Å². The van der Waals surface area contributed by atoms with Crippen LogP contribution in [0.1, 0.15) is 53.9 Å². The smallest absolute Gasteiger partial charge is 0.0589 e. The maximum atomic E-state index is 5.30. The Morgan fingerprint density at radius 1 is 1.33 bits per heavy atom. The van der Waals surface area contributed by atoms with Crippen molar-refractivity contribution in [1.82, 2.24) is 10.2 Å². The Kier molecular flexibility index (Phi) is 8.22. The van der Waals surface area contributed by atoms with Gasteiger partial charge in [0.25, 0.3) is 0 Å². The topological polar surface area (TPSA) is 24.5 Å². The van der Waals surface area contributed by atoms with Crippen LogP contribution >= 0.6 is 0 Å². The van der Waals surface area contributed by atoms with E-state index in [4.69, 9.17) is 4.74 Å². The summed E-state index contributed by atoms with van der Waals surface area (Å²) in [5, 5.41) is 3.73. The highest BCUT2D eigenvalue weighted by Crippen LogP contribution is 2.39. The van der Waals surface area contributed by atoms with Gasteiger partial charge in [0.1, 0.15) is 0 Å². The molecule has 0 aliphatic heterocycles. The van der Waals surface area contributed by atoms with Gasteiger partial charge in [-0.05, 0) is 43.1 Å². The van der Waals surface area contributed by atoms with E-state index in [1.165, 1.54) is 32.4 Å². The minimum Gasteiger partial charge on any atom is -0.383 e. The molecule has 1 aliphatic carbocycles. The summed E-state index contributed by atoms with van der Waals surface area (Å²) >= 11 is 0. The maximum absolute atomic E-state index is 5.30. The summed E-state index contributed by atoms with van der Waals surface area (Å²) in [6.07, 6.45) is 4.01. The van der Waals surface area contributed by atoms with Crippen molar-refractivity contribution in [1.29, 1.82) is 0 Å². The minimum atomic E-state index is 0.501. The fraction of sp³-hybridized carbons (Fsp3) is 1.00. The van der Waals surface area contributed by atoms with Crippen molar-refractivity contribution in [2.75, 3.05) is 39.9 Å². The molecule has 1 fully saturated rings. The number of nitrogens with one attached hydrogen (secondary N) is 1. The summed E-state index contributed by atoms with van der Waals surface area (Å²) in [7, 11) is 1.80. The highest BCUT2D eigenvalue weighted by atomic mass is 16.5. The van der Waals surface area contributed by atoms with Crippen LogP contribution in [-0.4, -0.2) is 50.8 Å². The molecular formula is C18H38N2O. The molecular weight excluding hydrogens is 260 g/mol. The average Bonchev–Trinajstić information content (AvgIpc) is 2.38. The lowest BCUT2D eigenvalue weighted by molar-refractivity contribution is 0.0787. The second-order valence-corrected chi connectivity index (χ2v) is 7.98. The number of hydrogen-bond acceptors (Lipinski definition) is 3. The average molecular weight is 299 g/mol. The highest BCUT2D eigenvalue weighted by molar-refractivity contribution is 4.90. The minimum absolute atomic E-state index is 0.501. The zero-order valence-electron chi connectivity index (χ0n) is 15.2. The van der Waals surface area contributed by atoms with Gasteiger partial charge in [-0.3, -0.25) is 0 Å². The first-order valence-electron chi connectivity index (χ1n) is 8.82. The molecule has 1 saturated carbocycles. The monoisotopic (exact) mass is 298 g/mol. The maximum Gasteiger partial charge on any atom is 0.0589 e. The first-order chi connectivity index (χ1) is 9.88. The zero-order valence-corrected chi connectivity index (χ0v) is 15.2. The van der Waals surface area contributed by atoms with Gasteiger partial charge in [0, 0.05) is 32.8 Å².